The summed E-state index contributed by atoms with van der Waals surface area (Å²) in [6, 6.07) is 10.0. The molecular weight excluding hydrogens is 360 g/mol. The summed E-state index contributed by atoms with van der Waals surface area (Å²) in [5.74, 6) is 0.504. The summed E-state index contributed by atoms with van der Waals surface area (Å²) in [6.07, 6.45) is 0.925. The van der Waals surface area contributed by atoms with Crippen LogP contribution in [0.3, 0.4) is 0 Å². The van der Waals surface area contributed by atoms with Crippen LogP contribution in [0.15, 0.2) is 30.3 Å². The summed E-state index contributed by atoms with van der Waals surface area (Å²) in [4.78, 5) is 28.6. The van der Waals surface area contributed by atoms with Crippen LogP contribution in [0.1, 0.15) is 29.3 Å². The van der Waals surface area contributed by atoms with E-state index in [9.17, 15) is 9.59 Å². The Labute approximate surface area is 163 Å². The van der Waals surface area contributed by atoms with Gasteiger partial charge < -0.3 is 15.0 Å². The summed E-state index contributed by atoms with van der Waals surface area (Å²) in [5, 5.41) is 3.73. The van der Waals surface area contributed by atoms with Gasteiger partial charge in [0.05, 0.1) is 18.8 Å². The predicted octanol–water partition coefficient (Wildman–Crippen LogP) is 3.79. The SMILES string of the molecule is Cc1c(-c2ccccc2)sc(NC(=O)[C@@H]2C[C@H]2C)c1C(=O)N1CCOCC1. The Kier molecular flexibility index (Phi) is 5.02. The quantitative estimate of drug-likeness (QED) is 0.872. The first-order valence-corrected chi connectivity index (χ1v) is 10.2. The third kappa shape index (κ3) is 3.64. The van der Waals surface area contributed by atoms with Crippen molar-refractivity contribution < 1.29 is 14.3 Å². The summed E-state index contributed by atoms with van der Waals surface area (Å²) in [6.45, 7) is 6.34. The number of benzene rings is 1. The number of anilines is 1. The van der Waals surface area contributed by atoms with Crippen molar-refractivity contribution in [1.82, 2.24) is 4.90 Å². The van der Waals surface area contributed by atoms with Crippen molar-refractivity contribution in [2.45, 2.75) is 20.3 Å². The van der Waals surface area contributed by atoms with Gasteiger partial charge in [-0.05, 0) is 30.4 Å². The van der Waals surface area contributed by atoms with Crippen molar-refractivity contribution in [3.8, 4) is 10.4 Å². The summed E-state index contributed by atoms with van der Waals surface area (Å²) in [7, 11) is 0. The Bertz CT molecular complexity index is 856. The number of hydrogen-bond donors (Lipinski definition) is 1. The fourth-order valence-corrected chi connectivity index (χ4v) is 4.75. The van der Waals surface area contributed by atoms with Crippen molar-refractivity contribution in [1.29, 1.82) is 0 Å². The number of rotatable bonds is 4. The van der Waals surface area contributed by atoms with Crippen molar-refractivity contribution >= 4 is 28.2 Å². The molecule has 1 aromatic carbocycles. The molecule has 6 heteroatoms. The lowest BCUT2D eigenvalue weighted by atomic mass is 10.1. The van der Waals surface area contributed by atoms with E-state index in [2.05, 4.69) is 12.2 Å². The molecule has 1 saturated carbocycles. The molecule has 1 aliphatic carbocycles. The molecule has 27 heavy (non-hydrogen) atoms. The molecule has 142 valence electrons. The van der Waals surface area contributed by atoms with Crippen molar-refractivity contribution in [2.75, 3.05) is 31.6 Å². The zero-order valence-corrected chi connectivity index (χ0v) is 16.5. The maximum atomic E-state index is 13.2. The van der Waals surface area contributed by atoms with Gasteiger partial charge >= 0.3 is 0 Å². The molecule has 2 aromatic rings. The second-order valence-corrected chi connectivity index (χ2v) is 8.36. The fourth-order valence-electron chi connectivity index (χ4n) is 3.54. The highest BCUT2D eigenvalue weighted by Crippen LogP contribution is 2.43. The van der Waals surface area contributed by atoms with Crippen LogP contribution in [0.5, 0.6) is 0 Å². The fraction of sp³-hybridized carbons (Fsp3) is 0.429. The van der Waals surface area contributed by atoms with Gasteiger partial charge in [-0.1, -0.05) is 37.3 Å². The van der Waals surface area contributed by atoms with Crippen LogP contribution in [0.4, 0.5) is 5.00 Å². The number of morpholine rings is 1. The van der Waals surface area contributed by atoms with E-state index in [4.69, 9.17) is 4.74 Å². The van der Waals surface area contributed by atoms with E-state index in [1.54, 1.807) is 0 Å². The molecule has 2 atom stereocenters. The predicted molar refractivity (Wildman–Crippen MR) is 107 cm³/mol. The lowest BCUT2D eigenvalue weighted by Crippen LogP contribution is -2.41. The molecule has 1 aromatic heterocycles. The molecular formula is C21H24N2O3S. The Morgan fingerprint density at radius 3 is 2.48 bits per heavy atom. The number of thiophene rings is 1. The van der Waals surface area contributed by atoms with Crippen molar-refractivity contribution in [3.05, 3.63) is 41.5 Å². The normalized spacial score (nSPS) is 21.8. The Morgan fingerprint density at radius 2 is 1.85 bits per heavy atom. The van der Waals surface area contributed by atoms with Crippen LogP contribution in [0.2, 0.25) is 0 Å². The Balaban J connectivity index is 1.71. The summed E-state index contributed by atoms with van der Waals surface area (Å²) in [5.41, 5.74) is 2.63. The average molecular weight is 385 g/mol. The lowest BCUT2D eigenvalue weighted by Gasteiger charge is -2.27. The van der Waals surface area contributed by atoms with E-state index >= 15 is 0 Å². The molecule has 2 fully saturated rings. The van der Waals surface area contributed by atoms with Gasteiger partial charge in [0.25, 0.3) is 5.91 Å². The lowest BCUT2D eigenvalue weighted by molar-refractivity contribution is -0.117. The van der Waals surface area contributed by atoms with Crippen LogP contribution in [-0.2, 0) is 9.53 Å². The standard InChI is InChI=1S/C21H24N2O3S/c1-13-12-16(13)19(24)22-20-17(21(25)23-8-10-26-11-9-23)14(2)18(27-20)15-6-4-3-5-7-15/h3-7,13,16H,8-12H2,1-2H3,(H,22,24)/t13-,16-/m1/s1. The van der Waals surface area contributed by atoms with Gasteiger partial charge in [-0.15, -0.1) is 11.3 Å². The van der Waals surface area contributed by atoms with Gasteiger partial charge in [0, 0.05) is 23.9 Å². The minimum Gasteiger partial charge on any atom is -0.378 e. The molecule has 1 saturated heterocycles. The molecule has 5 nitrogen and oxygen atoms in total. The molecule has 2 aliphatic rings. The van der Waals surface area contributed by atoms with E-state index in [-0.39, 0.29) is 17.7 Å². The highest BCUT2D eigenvalue weighted by molar-refractivity contribution is 7.20. The molecule has 2 amide bonds. The van der Waals surface area contributed by atoms with Gasteiger partial charge in [0.2, 0.25) is 5.91 Å². The molecule has 4 rings (SSSR count). The first-order chi connectivity index (χ1) is 13.1. The van der Waals surface area contributed by atoms with Gasteiger partial charge in [-0.25, -0.2) is 0 Å². The van der Waals surface area contributed by atoms with Gasteiger partial charge in [0.15, 0.2) is 0 Å². The number of carbonyl (C=O) groups is 2. The van der Waals surface area contributed by atoms with E-state index < -0.39 is 0 Å². The maximum absolute atomic E-state index is 13.2. The van der Waals surface area contributed by atoms with Crippen LogP contribution < -0.4 is 5.32 Å². The van der Waals surface area contributed by atoms with E-state index in [0.29, 0.717) is 42.8 Å². The van der Waals surface area contributed by atoms with Gasteiger partial charge in [0.1, 0.15) is 5.00 Å². The minimum atomic E-state index is -0.0200. The Hall–Kier alpha value is -2.18. The highest BCUT2D eigenvalue weighted by Gasteiger charge is 2.40. The van der Waals surface area contributed by atoms with E-state index in [0.717, 1.165) is 22.4 Å². The van der Waals surface area contributed by atoms with Crippen molar-refractivity contribution in [2.24, 2.45) is 11.8 Å². The number of nitrogens with zero attached hydrogens (tertiary/aromatic N) is 1. The monoisotopic (exact) mass is 384 g/mol. The second kappa shape index (κ2) is 7.44. The Morgan fingerprint density at radius 1 is 1.19 bits per heavy atom. The maximum Gasteiger partial charge on any atom is 0.257 e. The number of nitrogens with one attached hydrogen (secondary N) is 1. The van der Waals surface area contributed by atoms with Crippen LogP contribution in [0, 0.1) is 18.8 Å². The molecule has 0 radical (unpaired) electrons. The zero-order valence-electron chi connectivity index (χ0n) is 15.7. The van der Waals surface area contributed by atoms with Crippen molar-refractivity contribution in [3.63, 3.8) is 0 Å². The first kappa shape index (κ1) is 18.2. The largest absolute Gasteiger partial charge is 0.378 e. The number of ether oxygens (including phenoxy) is 1. The average Bonchev–Trinajstić information content (AvgIpc) is 3.35. The van der Waals surface area contributed by atoms with E-state index in [1.165, 1.54) is 11.3 Å². The van der Waals surface area contributed by atoms with Crippen LogP contribution in [-0.4, -0.2) is 43.0 Å². The highest BCUT2D eigenvalue weighted by atomic mass is 32.1. The van der Waals surface area contributed by atoms with E-state index in [1.807, 2.05) is 42.2 Å². The summed E-state index contributed by atoms with van der Waals surface area (Å²) < 4.78 is 5.38. The number of carbonyl (C=O) groups excluding carboxylic acids is 2. The van der Waals surface area contributed by atoms with Gasteiger partial charge in [-0.3, -0.25) is 9.59 Å². The third-order valence-corrected chi connectivity index (χ3v) is 6.63. The molecule has 1 N–H and O–H groups in total. The smallest absolute Gasteiger partial charge is 0.257 e. The number of hydrogen-bond acceptors (Lipinski definition) is 4. The molecule has 1 aliphatic heterocycles. The first-order valence-electron chi connectivity index (χ1n) is 9.43. The summed E-state index contributed by atoms with van der Waals surface area (Å²) >= 11 is 1.50. The number of amides is 2. The minimum absolute atomic E-state index is 0.0200. The molecule has 0 unspecified atom stereocenters. The van der Waals surface area contributed by atoms with Crippen LogP contribution in [0.25, 0.3) is 10.4 Å². The molecule has 0 bridgehead atoms. The topological polar surface area (TPSA) is 58.6 Å². The zero-order chi connectivity index (χ0) is 19.0. The second-order valence-electron chi connectivity index (χ2n) is 7.34. The van der Waals surface area contributed by atoms with Crippen LogP contribution >= 0.6 is 11.3 Å². The van der Waals surface area contributed by atoms with Gasteiger partial charge in [-0.2, -0.15) is 0 Å². The molecule has 0 spiro atoms. The third-order valence-electron chi connectivity index (χ3n) is 5.38. The molecule has 2 heterocycles.